The topological polar surface area (TPSA) is 26.0 Å². The summed E-state index contributed by atoms with van der Waals surface area (Å²) in [5.74, 6) is -0.524. The zero-order valence-corrected chi connectivity index (χ0v) is 8.77. The molecule has 0 aliphatic heterocycles. The van der Waals surface area contributed by atoms with Crippen molar-refractivity contribution >= 4 is 15.9 Å². The Morgan fingerprint density at radius 2 is 2.00 bits per heavy atom. The Labute approximate surface area is 88.2 Å². The summed E-state index contributed by atoms with van der Waals surface area (Å²) >= 11 is 2.97. The summed E-state index contributed by atoms with van der Waals surface area (Å²) in [6.07, 6.45) is -2.79. The predicted molar refractivity (Wildman–Crippen MR) is 51.8 cm³/mol. The van der Waals surface area contributed by atoms with Gasteiger partial charge in [0.15, 0.2) is 0 Å². The molecule has 0 aliphatic carbocycles. The summed E-state index contributed by atoms with van der Waals surface area (Å²) in [7, 11) is 0. The SMILES string of the molecule is NC(Cc1cccc(Br)c1F)C(F)F. The van der Waals surface area contributed by atoms with E-state index in [1.165, 1.54) is 12.1 Å². The summed E-state index contributed by atoms with van der Waals surface area (Å²) in [6.45, 7) is 0. The molecule has 1 aromatic rings. The quantitative estimate of drug-likeness (QED) is 0.896. The molecule has 0 saturated heterocycles. The van der Waals surface area contributed by atoms with Gasteiger partial charge in [-0.2, -0.15) is 0 Å². The van der Waals surface area contributed by atoms with E-state index in [1.807, 2.05) is 0 Å². The van der Waals surface area contributed by atoms with Gasteiger partial charge < -0.3 is 5.73 Å². The fraction of sp³-hybridized carbons (Fsp3) is 0.333. The van der Waals surface area contributed by atoms with E-state index in [-0.39, 0.29) is 16.5 Å². The lowest BCUT2D eigenvalue weighted by atomic mass is 10.1. The summed E-state index contributed by atoms with van der Waals surface area (Å²) in [4.78, 5) is 0. The van der Waals surface area contributed by atoms with Crippen molar-refractivity contribution in [3.05, 3.63) is 34.1 Å². The molecule has 1 nitrogen and oxygen atoms in total. The summed E-state index contributed by atoms with van der Waals surface area (Å²) in [5, 5.41) is 0. The van der Waals surface area contributed by atoms with Crippen LogP contribution in [-0.4, -0.2) is 12.5 Å². The maximum Gasteiger partial charge on any atom is 0.253 e. The smallest absolute Gasteiger partial charge is 0.253 e. The van der Waals surface area contributed by atoms with Crippen molar-refractivity contribution in [2.45, 2.75) is 18.9 Å². The molecular formula is C9H9BrF3N. The molecule has 0 fully saturated rings. The number of nitrogens with two attached hydrogens (primary N) is 1. The van der Waals surface area contributed by atoms with Crippen LogP contribution in [0.2, 0.25) is 0 Å². The van der Waals surface area contributed by atoms with Crippen LogP contribution in [0.15, 0.2) is 22.7 Å². The van der Waals surface area contributed by atoms with Gasteiger partial charge in [-0.05, 0) is 34.0 Å². The van der Waals surface area contributed by atoms with Crippen LogP contribution in [0.1, 0.15) is 5.56 Å². The first kappa shape index (κ1) is 11.5. The lowest BCUT2D eigenvalue weighted by Gasteiger charge is -2.11. The molecule has 0 saturated carbocycles. The van der Waals surface area contributed by atoms with Gasteiger partial charge in [-0.25, -0.2) is 13.2 Å². The van der Waals surface area contributed by atoms with Crippen LogP contribution >= 0.6 is 15.9 Å². The van der Waals surface area contributed by atoms with E-state index in [9.17, 15) is 13.2 Å². The Kier molecular flexibility index (Phi) is 3.95. The van der Waals surface area contributed by atoms with Gasteiger partial charge in [-0.3, -0.25) is 0 Å². The van der Waals surface area contributed by atoms with Gasteiger partial charge in [-0.15, -0.1) is 0 Å². The fourth-order valence-electron chi connectivity index (χ4n) is 1.05. The Hall–Kier alpha value is -0.550. The number of hydrogen-bond donors (Lipinski definition) is 1. The molecule has 0 radical (unpaired) electrons. The maximum atomic E-state index is 13.3. The Morgan fingerprint density at radius 1 is 1.36 bits per heavy atom. The standard InChI is InChI=1S/C9H9BrF3N/c10-6-3-1-2-5(8(6)11)4-7(14)9(12)13/h1-3,7,9H,4,14H2. The third-order valence-electron chi connectivity index (χ3n) is 1.81. The minimum atomic E-state index is -2.63. The number of alkyl halides is 2. The molecule has 78 valence electrons. The predicted octanol–water partition coefficient (Wildman–Crippen LogP) is 2.72. The Balaban J connectivity index is 2.82. The lowest BCUT2D eigenvalue weighted by Crippen LogP contribution is -2.31. The van der Waals surface area contributed by atoms with Crippen molar-refractivity contribution in [3.8, 4) is 0 Å². The van der Waals surface area contributed by atoms with E-state index in [0.29, 0.717) is 0 Å². The molecule has 0 spiro atoms. The van der Waals surface area contributed by atoms with Crippen molar-refractivity contribution in [1.82, 2.24) is 0 Å². The molecule has 0 amide bonds. The summed E-state index contributed by atoms with van der Waals surface area (Å²) < 4.78 is 37.7. The lowest BCUT2D eigenvalue weighted by molar-refractivity contribution is 0.115. The zero-order chi connectivity index (χ0) is 10.7. The first-order chi connectivity index (χ1) is 6.52. The van der Waals surface area contributed by atoms with E-state index in [0.717, 1.165) is 0 Å². The van der Waals surface area contributed by atoms with Crippen LogP contribution in [0.3, 0.4) is 0 Å². The second-order valence-corrected chi connectivity index (χ2v) is 3.77. The van der Waals surface area contributed by atoms with E-state index in [4.69, 9.17) is 5.73 Å². The maximum absolute atomic E-state index is 13.3. The number of hydrogen-bond acceptors (Lipinski definition) is 1. The Morgan fingerprint density at radius 3 is 2.57 bits per heavy atom. The highest BCUT2D eigenvalue weighted by Gasteiger charge is 2.18. The molecule has 0 aliphatic rings. The highest BCUT2D eigenvalue weighted by Crippen LogP contribution is 2.20. The molecule has 0 heterocycles. The molecule has 2 N–H and O–H groups in total. The monoisotopic (exact) mass is 267 g/mol. The van der Waals surface area contributed by atoms with Crippen LogP contribution < -0.4 is 5.73 Å². The third-order valence-corrected chi connectivity index (χ3v) is 2.42. The molecule has 5 heteroatoms. The highest BCUT2D eigenvalue weighted by molar-refractivity contribution is 9.10. The molecular weight excluding hydrogens is 259 g/mol. The normalized spacial score (nSPS) is 13.3. The van der Waals surface area contributed by atoms with Crippen molar-refractivity contribution in [3.63, 3.8) is 0 Å². The van der Waals surface area contributed by atoms with Crippen molar-refractivity contribution in [2.24, 2.45) is 5.73 Å². The Bertz CT molecular complexity index is 317. The van der Waals surface area contributed by atoms with Gasteiger partial charge in [0.2, 0.25) is 0 Å². The minimum absolute atomic E-state index is 0.164. The van der Waals surface area contributed by atoms with Gasteiger partial charge in [0.1, 0.15) is 5.82 Å². The third kappa shape index (κ3) is 2.72. The average Bonchev–Trinajstić information content (AvgIpc) is 2.12. The average molecular weight is 268 g/mol. The highest BCUT2D eigenvalue weighted by atomic mass is 79.9. The summed E-state index contributed by atoms with van der Waals surface area (Å²) in [5.41, 5.74) is 5.34. The zero-order valence-electron chi connectivity index (χ0n) is 7.18. The van der Waals surface area contributed by atoms with E-state index >= 15 is 0 Å². The second kappa shape index (κ2) is 4.79. The van der Waals surface area contributed by atoms with Crippen LogP contribution in [0.25, 0.3) is 0 Å². The fourth-order valence-corrected chi connectivity index (χ4v) is 1.46. The first-order valence-electron chi connectivity index (χ1n) is 3.99. The van der Waals surface area contributed by atoms with E-state index in [2.05, 4.69) is 15.9 Å². The van der Waals surface area contributed by atoms with Gasteiger partial charge >= 0.3 is 0 Å². The molecule has 0 aromatic heterocycles. The molecule has 1 rings (SSSR count). The number of rotatable bonds is 3. The molecule has 1 unspecified atom stereocenters. The van der Waals surface area contributed by atoms with Gasteiger partial charge in [0, 0.05) is 0 Å². The van der Waals surface area contributed by atoms with Crippen LogP contribution in [-0.2, 0) is 6.42 Å². The van der Waals surface area contributed by atoms with E-state index < -0.39 is 18.3 Å². The number of halogens is 4. The van der Waals surface area contributed by atoms with Gasteiger partial charge in [-0.1, -0.05) is 12.1 Å². The van der Waals surface area contributed by atoms with E-state index in [1.54, 1.807) is 6.07 Å². The molecule has 1 aromatic carbocycles. The van der Waals surface area contributed by atoms with Crippen molar-refractivity contribution in [1.29, 1.82) is 0 Å². The molecule has 14 heavy (non-hydrogen) atoms. The molecule has 1 atom stereocenters. The minimum Gasteiger partial charge on any atom is -0.323 e. The first-order valence-corrected chi connectivity index (χ1v) is 4.78. The van der Waals surface area contributed by atoms with Crippen molar-refractivity contribution < 1.29 is 13.2 Å². The molecule has 0 bridgehead atoms. The second-order valence-electron chi connectivity index (χ2n) is 2.92. The van der Waals surface area contributed by atoms with Gasteiger partial charge in [0.05, 0.1) is 10.5 Å². The largest absolute Gasteiger partial charge is 0.323 e. The number of benzene rings is 1. The van der Waals surface area contributed by atoms with Crippen LogP contribution in [0.5, 0.6) is 0 Å². The van der Waals surface area contributed by atoms with Crippen LogP contribution in [0, 0.1) is 5.82 Å². The summed E-state index contributed by atoms with van der Waals surface area (Å²) in [6, 6.07) is 3.22. The van der Waals surface area contributed by atoms with Crippen molar-refractivity contribution in [2.75, 3.05) is 0 Å². The van der Waals surface area contributed by atoms with Gasteiger partial charge in [0.25, 0.3) is 6.43 Å². The van der Waals surface area contributed by atoms with Crippen LogP contribution in [0.4, 0.5) is 13.2 Å².